The molecule has 3 aromatic heterocycles. The highest BCUT2D eigenvalue weighted by Gasteiger charge is 2.35. The Kier molecular flexibility index (Phi) is 4.91. The summed E-state index contributed by atoms with van der Waals surface area (Å²) in [4.78, 5) is 19.6. The van der Waals surface area contributed by atoms with Gasteiger partial charge in [-0.2, -0.15) is 5.10 Å². The molecular formula is C22H17N3O2S2. The maximum absolute atomic E-state index is 13.1. The van der Waals surface area contributed by atoms with E-state index in [9.17, 15) is 4.79 Å². The van der Waals surface area contributed by atoms with Crippen molar-refractivity contribution >= 4 is 45.6 Å². The first kappa shape index (κ1) is 18.1. The Bertz CT molecular complexity index is 1160. The first-order chi connectivity index (χ1) is 14.3. The number of rotatable bonds is 5. The molecule has 1 aliphatic heterocycles. The molecule has 0 radical (unpaired) electrons. The molecule has 1 aromatic carbocycles. The van der Waals surface area contributed by atoms with Crippen LogP contribution in [0.15, 0.2) is 86.9 Å². The van der Waals surface area contributed by atoms with E-state index >= 15 is 0 Å². The first-order valence-electron chi connectivity index (χ1n) is 9.23. The van der Waals surface area contributed by atoms with Crippen molar-refractivity contribution in [1.82, 2.24) is 9.99 Å². The van der Waals surface area contributed by atoms with Gasteiger partial charge in [0.2, 0.25) is 0 Å². The number of para-hydroxylation sites is 1. The normalized spacial score (nSPS) is 16.3. The van der Waals surface area contributed by atoms with E-state index < -0.39 is 0 Å². The topological polar surface area (TPSA) is 58.7 Å². The van der Waals surface area contributed by atoms with Crippen molar-refractivity contribution in [3.8, 4) is 0 Å². The molecule has 29 heavy (non-hydrogen) atoms. The van der Waals surface area contributed by atoms with Crippen molar-refractivity contribution in [2.24, 2.45) is 5.10 Å². The van der Waals surface area contributed by atoms with Crippen LogP contribution in [0.3, 0.4) is 0 Å². The average Bonchev–Trinajstić information content (AvgIpc) is 3.52. The molecule has 7 heteroatoms. The number of hydrogen-bond donors (Lipinski definition) is 0. The summed E-state index contributed by atoms with van der Waals surface area (Å²) in [6.45, 7) is 0. The summed E-state index contributed by atoms with van der Waals surface area (Å²) in [5.74, 6) is 1.02. The van der Waals surface area contributed by atoms with Crippen LogP contribution < -0.4 is 0 Å². The number of carbonyl (C=O) groups is 1. The third kappa shape index (κ3) is 3.59. The van der Waals surface area contributed by atoms with E-state index in [1.54, 1.807) is 28.8 Å². The van der Waals surface area contributed by atoms with Crippen molar-refractivity contribution in [3.05, 3.63) is 83.1 Å². The van der Waals surface area contributed by atoms with Gasteiger partial charge >= 0.3 is 0 Å². The van der Waals surface area contributed by atoms with Gasteiger partial charge in [0.05, 0.1) is 28.1 Å². The molecule has 4 aromatic rings. The number of amides is 1. The Hall–Kier alpha value is -2.90. The van der Waals surface area contributed by atoms with E-state index in [0.717, 1.165) is 32.1 Å². The van der Waals surface area contributed by atoms with Gasteiger partial charge in [-0.05, 0) is 35.7 Å². The molecule has 1 aliphatic rings. The highest BCUT2D eigenvalue weighted by Crippen LogP contribution is 2.35. The van der Waals surface area contributed by atoms with E-state index in [2.05, 4.69) is 10.1 Å². The first-order valence-corrected chi connectivity index (χ1v) is 11.1. The summed E-state index contributed by atoms with van der Waals surface area (Å²) < 4.78 is 5.61. The number of pyridine rings is 1. The lowest BCUT2D eigenvalue weighted by Crippen LogP contribution is -2.28. The molecular weight excluding hydrogens is 402 g/mol. The van der Waals surface area contributed by atoms with Gasteiger partial charge in [-0.3, -0.25) is 9.78 Å². The number of carbonyl (C=O) groups excluding carboxylic acids is 1. The van der Waals surface area contributed by atoms with Crippen molar-refractivity contribution in [3.63, 3.8) is 0 Å². The summed E-state index contributed by atoms with van der Waals surface area (Å²) in [5.41, 5.74) is 1.85. The van der Waals surface area contributed by atoms with Crippen molar-refractivity contribution in [2.45, 2.75) is 17.4 Å². The van der Waals surface area contributed by atoms with E-state index in [-0.39, 0.29) is 11.9 Å². The molecule has 5 rings (SSSR count). The van der Waals surface area contributed by atoms with Crippen molar-refractivity contribution in [1.29, 1.82) is 0 Å². The fraction of sp³-hybridized carbons (Fsp3) is 0.136. The maximum atomic E-state index is 13.1. The molecule has 0 N–H and O–H groups in total. The zero-order valence-electron chi connectivity index (χ0n) is 15.4. The van der Waals surface area contributed by atoms with E-state index in [0.29, 0.717) is 12.2 Å². The zero-order chi connectivity index (χ0) is 19.6. The Morgan fingerprint density at radius 3 is 2.93 bits per heavy atom. The van der Waals surface area contributed by atoms with Crippen LogP contribution in [0.1, 0.15) is 23.1 Å². The zero-order valence-corrected chi connectivity index (χ0v) is 17.0. The lowest BCUT2D eigenvalue weighted by Gasteiger charge is -2.19. The Morgan fingerprint density at radius 2 is 2.10 bits per heavy atom. The number of fused-ring (bicyclic) bond motifs is 1. The smallest absolute Gasteiger partial charge is 0.253 e. The molecule has 1 amide bonds. The Morgan fingerprint density at radius 1 is 1.17 bits per heavy atom. The Labute approximate surface area is 176 Å². The van der Waals surface area contributed by atoms with E-state index in [1.807, 2.05) is 60.0 Å². The molecule has 0 spiro atoms. The van der Waals surface area contributed by atoms with Crippen LogP contribution in [0.2, 0.25) is 0 Å². The van der Waals surface area contributed by atoms with E-state index in [4.69, 9.17) is 4.42 Å². The lowest BCUT2D eigenvalue weighted by molar-refractivity contribution is -0.130. The van der Waals surface area contributed by atoms with Gasteiger partial charge < -0.3 is 4.42 Å². The van der Waals surface area contributed by atoms with Crippen LogP contribution in [0.4, 0.5) is 0 Å². The molecule has 0 saturated heterocycles. The predicted octanol–water partition coefficient (Wildman–Crippen LogP) is 5.36. The molecule has 0 bridgehead atoms. The van der Waals surface area contributed by atoms with Gasteiger partial charge in [0.1, 0.15) is 11.8 Å². The molecule has 0 saturated carbocycles. The van der Waals surface area contributed by atoms with Crippen LogP contribution in [-0.4, -0.2) is 27.4 Å². The number of hydrazone groups is 1. The minimum absolute atomic E-state index is 0.0381. The fourth-order valence-corrected chi connectivity index (χ4v) is 5.05. The highest BCUT2D eigenvalue weighted by atomic mass is 32.2. The fourth-order valence-electron chi connectivity index (χ4n) is 3.44. The van der Waals surface area contributed by atoms with Gasteiger partial charge in [0.15, 0.2) is 0 Å². The van der Waals surface area contributed by atoms with Crippen LogP contribution in [0.5, 0.6) is 0 Å². The minimum Gasteiger partial charge on any atom is -0.467 e. The van der Waals surface area contributed by atoms with Gasteiger partial charge in [0, 0.05) is 22.9 Å². The summed E-state index contributed by atoms with van der Waals surface area (Å²) in [6, 6.07) is 17.5. The quantitative estimate of drug-likeness (QED) is 0.409. The van der Waals surface area contributed by atoms with E-state index in [1.165, 1.54) is 11.8 Å². The molecule has 0 fully saturated rings. The van der Waals surface area contributed by atoms with Crippen molar-refractivity contribution < 1.29 is 9.21 Å². The second-order valence-electron chi connectivity index (χ2n) is 6.61. The molecule has 1 unspecified atom stereocenters. The van der Waals surface area contributed by atoms with Crippen LogP contribution in [-0.2, 0) is 4.79 Å². The molecule has 5 nitrogen and oxygen atoms in total. The third-order valence-electron chi connectivity index (χ3n) is 4.80. The number of aromatic nitrogens is 1. The monoisotopic (exact) mass is 419 g/mol. The van der Waals surface area contributed by atoms with Gasteiger partial charge in [-0.15, -0.1) is 23.1 Å². The summed E-state index contributed by atoms with van der Waals surface area (Å²) in [7, 11) is 0. The standard InChI is InChI=1S/C22H17N3O2S2/c26-22(14-29-20-9-10-23-16-6-2-1-5-15(16)20)25-18(19-7-3-11-27-19)13-17(24-25)21-8-4-12-28-21/h1-12,18H,13-14H2. The largest absolute Gasteiger partial charge is 0.467 e. The number of thioether (sulfide) groups is 1. The molecule has 0 aliphatic carbocycles. The number of thiophene rings is 1. The maximum Gasteiger partial charge on any atom is 0.253 e. The second-order valence-corrected chi connectivity index (χ2v) is 8.58. The second kappa shape index (κ2) is 7.85. The average molecular weight is 420 g/mol. The lowest BCUT2D eigenvalue weighted by atomic mass is 10.1. The molecule has 4 heterocycles. The molecule has 144 valence electrons. The highest BCUT2D eigenvalue weighted by molar-refractivity contribution is 8.00. The minimum atomic E-state index is -0.204. The number of benzene rings is 1. The third-order valence-corrected chi connectivity index (χ3v) is 6.78. The van der Waals surface area contributed by atoms with Crippen LogP contribution >= 0.6 is 23.1 Å². The summed E-state index contributed by atoms with van der Waals surface area (Å²) in [5, 5.41) is 9.33. The van der Waals surface area contributed by atoms with Gasteiger partial charge in [0.25, 0.3) is 5.91 Å². The predicted molar refractivity (Wildman–Crippen MR) is 116 cm³/mol. The Balaban J connectivity index is 1.39. The number of hydrogen-bond acceptors (Lipinski definition) is 6. The van der Waals surface area contributed by atoms with Crippen LogP contribution in [0.25, 0.3) is 10.9 Å². The van der Waals surface area contributed by atoms with Crippen LogP contribution in [0, 0.1) is 0 Å². The van der Waals surface area contributed by atoms with Gasteiger partial charge in [-0.25, -0.2) is 5.01 Å². The summed E-state index contributed by atoms with van der Waals surface area (Å²) in [6.07, 6.45) is 4.07. The summed E-state index contributed by atoms with van der Waals surface area (Å²) >= 11 is 3.15. The van der Waals surface area contributed by atoms with Gasteiger partial charge in [-0.1, -0.05) is 24.3 Å². The molecule has 1 atom stereocenters. The number of furan rings is 1. The number of nitrogens with zero attached hydrogens (tertiary/aromatic N) is 3. The SMILES string of the molecule is O=C(CSc1ccnc2ccccc12)N1N=C(c2cccs2)CC1c1ccco1. The van der Waals surface area contributed by atoms with Crippen molar-refractivity contribution in [2.75, 3.05) is 5.75 Å².